The predicted octanol–water partition coefficient (Wildman–Crippen LogP) is 3.10. The molecular weight excluding hydrogens is 170 g/mol. The van der Waals surface area contributed by atoms with E-state index in [-0.39, 0.29) is 0 Å². The predicted molar refractivity (Wildman–Crippen MR) is 50.6 cm³/mol. The van der Waals surface area contributed by atoms with E-state index in [0.29, 0.717) is 5.03 Å². The molecule has 0 N–H and O–H groups in total. The first-order valence-electron chi connectivity index (χ1n) is 3.57. The largest absolute Gasteiger partial charge is 0.193 e. The van der Waals surface area contributed by atoms with Gasteiger partial charge in [0, 0.05) is 6.08 Å². The molecule has 0 amide bonds. The average molecular weight is 178 g/mol. The summed E-state index contributed by atoms with van der Waals surface area (Å²) in [7, 11) is 0. The number of aryl methyl sites for hydroxylation is 1. The molecule has 0 atom stereocenters. The van der Waals surface area contributed by atoms with Gasteiger partial charge in [0.05, 0.1) is 11.1 Å². The molecule has 60 valence electrons. The van der Waals surface area contributed by atoms with Gasteiger partial charge in [-0.3, -0.25) is 0 Å². The summed E-state index contributed by atoms with van der Waals surface area (Å²) in [5, 5.41) is 8.87. The number of nitrogens with zero attached hydrogens (tertiary/aromatic N) is 1. The van der Waals surface area contributed by atoms with Crippen LogP contribution in [0.15, 0.2) is 30.3 Å². The van der Waals surface area contributed by atoms with Gasteiger partial charge in [-0.15, -0.1) is 0 Å². The Bertz CT molecular complexity index is 347. The highest BCUT2D eigenvalue weighted by molar-refractivity contribution is 6.49. The summed E-state index contributed by atoms with van der Waals surface area (Å²) in [4.78, 5) is 0. The summed E-state index contributed by atoms with van der Waals surface area (Å²) >= 11 is 5.85. The highest BCUT2D eigenvalue weighted by Gasteiger charge is 1.99. The molecule has 12 heavy (non-hydrogen) atoms. The Morgan fingerprint density at radius 3 is 2.75 bits per heavy atom. The summed E-state index contributed by atoms with van der Waals surface area (Å²) in [6.45, 7) is 1.96. The average Bonchev–Trinajstić information content (AvgIpc) is 2.05. The van der Waals surface area contributed by atoms with Crippen molar-refractivity contribution in [3.8, 4) is 6.07 Å². The highest BCUT2D eigenvalue weighted by atomic mass is 35.5. The van der Waals surface area contributed by atoms with E-state index in [9.17, 15) is 0 Å². The van der Waals surface area contributed by atoms with Crippen LogP contribution >= 0.6 is 11.6 Å². The van der Waals surface area contributed by atoms with Gasteiger partial charge in [-0.2, -0.15) is 5.26 Å². The summed E-state index contributed by atoms with van der Waals surface area (Å²) in [6.07, 6.45) is 1.34. The van der Waals surface area contributed by atoms with Gasteiger partial charge in [-0.05, 0) is 18.1 Å². The van der Waals surface area contributed by atoms with E-state index in [1.807, 2.05) is 37.3 Å². The number of halogens is 1. The first-order valence-corrected chi connectivity index (χ1v) is 3.95. The van der Waals surface area contributed by atoms with E-state index < -0.39 is 0 Å². The third-order valence-electron chi connectivity index (χ3n) is 1.59. The lowest BCUT2D eigenvalue weighted by Crippen LogP contribution is -1.81. The Morgan fingerprint density at radius 1 is 1.50 bits per heavy atom. The molecule has 2 heteroatoms. The van der Waals surface area contributed by atoms with Crippen LogP contribution in [0.5, 0.6) is 0 Å². The van der Waals surface area contributed by atoms with E-state index in [1.165, 1.54) is 6.08 Å². The molecule has 0 saturated heterocycles. The molecule has 0 heterocycles. The smallest absolute Gasteiger partial charge is 0.0927 e. The molecule has 0 aliphatic rings. The zero-order valence-corrected chi connectivity index (χ0v) is 7.47. The van der Waals surface area contributed by atoms with Crippen LogP contribution in [0.1, 0.15) is 11.1 Å². The normalized spacial score (nSPS) is 10.9. The van der Waals surface area contributed by atoms with Crippen molar-refractivity contribution >= 4 is 16.6 Å². The first kappa shape index (κ1) is 8.83. The summed E-state index contributed by atoms with van der Waals surface area (Å²) in [5.74, 6) is 0. The maximum absolute atomic E-state index is 8.38. The molecule has 1 aromatic carbocycles. The van der Waals surface area contributed by atoms with E-state index in [0.717, 1.165) is 11.1 Å². The van der Waals surface area contributed by atoms with Crippen LogP contribution in [0.2, 0.25) is 0 Å². The quantitative estimate of drug-likeness (QED) is 0.605. The number of benzene rings is 1. The lowest BCUT2D eigenvalue weighted by atomic mass is 10.1. The van der Waals surface area contributed by atoms with Crippen molar-refractivity contribution in [1.82, 2.24) is 0 Å². The second kappa shape index (κ2) is 3.94. The van der Waals surface area contributed by atoms with Crippen LogP contribution < -0.4 is 0 Å². The van der Waals surface area contributed by atoms with E-state index in [2.05, 4.69) is 0 Å². The van der Waals surface area contributed by atoms with Crippen LogP contribution in [-0.2, 0) is 0 Å². The minimum Gasteiger partial charge on any atom is -0.193 e. The van der Waals surface area contributed by atoms with Gasteiger partial charge in [0.1, 0.15) is 0 Å². The van der Waals surface area contributed by atoms with Crippen molar-refractivity contribution in [2.45, 2.75) is 6.92 Å². The van der Waals surface area contributed by atoms with Crippen molar-refractivity contribution in [3.05, 3.63) is 41.5 Å². The number of hydrogen-bond acceptors (Lipinski definition) is 1. The molecule has 0 bridgehead atoms. The Labute approximate surface area is 76.9 Å². The Morgan fingerprint density at radius 2 is 2.17 bits per heavy atom. The van der Waals surface area contributed by atoms with Gasteiger partial charge in [-0.1, -0.05) is 35.9 Å². The lowest BCUT2D eigenvalue weighted by Gasteiger charge is -2.00. The SMILES string of the molecule is Cc1ccccc1C(Cl)=CC#N. The molecule has 0 aliphatic heterocycles. The van der Waals surface area contributed by atoms with Gasteiger partial charge in [-0.25, -0.2) is 0 Å². The molecule has 1 aromatic rings. The molecular formula is C10H8ClN. The van der Waals surface area contributed by atoms with Crippen LogP contribution in [0.3, 0.4) is 0 Å². The minimum absolute atomic E-state index is 0.496. The van der Waals surface area contributed by atoms with Crippen molar-refractivity contribution in [3.63, 3.8) is 0 Å². The summed E-state index contributed by atoms with van der Waals surface area (Å²) < 4.78 is 0. The number of hydrogen-bond donors (Lipinski definition) is 0. The van der Waals surface area contributed by atoms with Gasteiger partial charge in [0.25, 0.3) is 0 Å². The van der Waals surface area contributed by atoms with Gasteiger partial charge >= 0.3 is 0 Å². The topological polar surface area (TPSA) is 23.8 Å². The van der Waals surface area contributed by atoms with E-state index >= 15 is 0 Å². The van der Waals surface area contributed by atoms with Crippen LogP contribution in [0.4, 0.5) is 0 Å². The van der Waals surface area contributed by atoms with Gasteiger partial charge < -0.3 is 0 Å². The minimum atomic E-state index is 0.496. The Balaban J connectivity index is 3.13. The second-order valence-corrected chi connectivity index (χ2v) is 2.84. The van der Waals surface area contributed by atoms with Crippen molar-refractivity contribution < 1.29 is 0 Å². The molecule has 0 aromatic heterocycles. The standard InChI is InChI=1S/C10H8ClN/c1-8-4-2-3-5-9(8)10(11)6-7-12/h2-6H,1H3. The molecule has 0 saturated carbocycles. The number of nitriles is 1. The summed E-state index contributed by atoms with van der Waals surface area (Å²) in [5.41, 5.74) is 2.00. The first-order chi connectivity index (χ1) is 5.75. The maximum Gasteiger partial charge on any atom is 0.0927 e. The molecule has 0 unspecified atom stereocenters. The highest BCUT2D eigenvalue weighted by Crippen LogP contribution is 2.21. The van der Waals surface area contributed by atoms with E-state index in [4.69, 9.17) is 16.9 Å². The van der Waals surface area contributed by atoms with Crippen LogP contribution in [-0.4, -0.2) is 0 Å². The second-order valence-electron chi connectivity index (χ2n) is 2.44. The maximum atomic E-state index is 8.38. The number of rotatable bonds is 1. The fraction of sp³-hybridized carbons (Fsp3) is 0.100. The van der Waals surface area contributed by atoms with Crippen molar-refractivity contribution in [2.75, 3.05) is 0 Å². The fourth-order valence-corrected chi connectivity index (χ4v) is 1.24. The Hall–Kier alpha value is -1.26. The Kier molecular flexibility index (Phi) is 2.90. The van der Waals surface area contributed by atoms with E-state index in [1.54, 1.807) is 0 Å². The zero-order chi connectivity index (χ0) is 8.97. The molecule has 0 fully saturated rings. The van der Waals surface area contributed by atoms with Crippen LogP contribution in [0.25, 0.3) is 5.03 Å². The third-order valence-corrected chi connectivity index (χ3v) is 1.91. The summed E-state index contributed by atoms with van der Waals surface area (Å²) in [6, 6.07) is 9.59. The number of allylic oxidation sites excluding steroid dienone is 1. The van der Waals surface area contributed by atoms with Crippen LogP contribution in [0, 0.1) is 18.3 Å². The molecule has 0 spiro atoms. The monoisotopic (exact) mass is 177 g/mol. The molecule has 1 rings (SSSR count). The molecule has 0 radical (unpaired) electrons. The van der Waals surface area contributed by atoms with Gasteiger partial charge in [0.2, 0.25) is 0 Å². The van der Waals surface area contributed by atoms with Gasteiger partial charge in [0.15, 0.2) is 0 Å². The zero-order valence-electron chi connectivity index (χ0n) is 6.71. The lowest BCUT2D eigenvalue weighted by molar-refractivity contribution is 1.44. The third kappa shape index (κ3) is 1.87. The molecule has 1 nitrogen and oxygen atoms in total. The van der Waals surface area contributed by atoms with Crippen molar-refractivity contribution in [2.24, 2.45) is 0 Å². The fourth-order valence-electron chi connectivity index (χ4n) is 0.975. The molecule has 0 aliphatic carbocycles. The van der Waals surface area contributed by atoms with Crippen molar-refractivity contribution in [1.29, 1.82) is 5.26 Å².